The summed E-state index contributed by atoms with van der Waals surface area (Å²) in [6.07, 6.45) is 1.87. The number of rotatable bonds is 4. The lowest BCUT2D eigenvalue weighted by Gasteiger charge is -2.08. The second-order valence-corrected chi connectivity index (χ2v) is 6.03. The van der Waals surface area contributed by atoms with Crippen LogP contribution in [-0.4, -0.2) is 10.1 Å². The summed E-state index contributed by atoms with van der Waals surface area (Å²) in [5.74, 6) is 0.322. The Labute approximate surface area is 141 Å². The fourth-order valence-corrected chi connectivity index (χ4v) is 3.29. The molecule has 0 atom stereocenters. The lowest BCUT2D eigenvalue weighted by Crippen LogP contribution is -1.94. The van der Waals surface area contributed by atoms with E-state index in [9.17, 15) is 5.11 Å². The third-order valence-corrected chi connectivity index (χ3v) is 4.46. The monoisotopic (exact) mass is 313 g/mol. The first-order chi connectivity index (χ1) is 11.8. The van der Waals surface area contributed by atoms with Crippen molar-refractivity contribution in [1.29, 1.82) is 0 Å². The van der Waals surface area contributed by atoms with Gasteiger partial charge in [0.2, 0.25) is 0 Å². The van der Waals surface area contributed by atoms with Crippen molar-refractivity contribution in [3.05, 3.63) is 90.1 Å². The summed E-state index contributed by atoms with van der Waals surface area (Å²) < 4.78 is 0. The molecular formula is C22H19NO. The lowest BCUT2D eigenvalue weighted by molar-refractivity contribution is 0.477. The number of aromatic amines is 1. The number of aryl methyl sites for hydroxylation is 2. The van der Waals surface area contributed by atoms with Gasteiger partial charge in [0.05, 0.1) is 0 Å². The first kappa shape index (κ1) is 14.6. The van der Waals surface area contributed by atoms with Crippen molar-refractivity contribution in [2.75, 3.05) is 0 Å². The molecular weight excluding hydrogens is 294 g/mol. The van der Waals surface area contributed by atoms with Gasteiger partial charge in [0, 0.05) is 27.7 Å². The molecule has 0 fully saturated rings. The van der Waals surface area contributed by atoms with Gasteiger partial charge in [-0.05, 0) is 30.5 Å². The van der Waals surface area contributed by atoms with Crippen LogP contribution in [0.15, 0.2) is 78.9 Å². The Kier molecular flexibility index (Phi) is 3.80. The van der Waals surface area contributed by atoms with Gasteiger partial charge in [-0.25, -0.2) is 0 Å². The van der Waals surface area contributed by atoms with Crippen LogP contribution < -0.4 is 0 Å². The van der Waals surface area contributed by atoms with Gasteiger partial charge in [0.15, 0.2) is 0 Å². The second kappa shape index (κ2) is 6.25. The van der Waals surface area contributed by atoms with Crippen molar-refractivity contribution < 1.29 is 5.11 Å². The van der Waals surface area contributed by atoms with Crippen LogP contribution in [0.2, 0.25) is 0 Å². The highest BCUT2D eigenvalue weighted by Crippen LogP contribution is 2.37. The summed E-state index contributed by atoms with van der Waals surface area (Å²) in [5, 5.41) is 11.5. The van der Waals surface area contributed by atoms with Crippen molar-refractivity contribution in [2.45, 2.75) is 12.8 Å². The predicted molar refractivity (Wildman–Crippen MR) is 99.2 cm³/mol. The van der Waals surface area contributed by atoms with Gasteiger partial charge in [0.1, 0.15) is 5.75 Å². The molecule has 1 heterocycles. The van der Waals surface area contributed by atoms with E-state index in [4.69, 9.17) is 0 Å². The molecule has 0 aliphatic carbocycles. The summed E-state index contributed by atoms with van der Waals surface area (Å²) in [4.78, 5) is 3.55. The summed E-state index contributed by atoms with van der Waals surface area (Å²) in [7, 11) is 0. The number of benzene rings is 3. The fraction of sp³-hybridized carbons (Fsp3) is 0.0909. The van der Waals surface area contributed by atoms with E-state index in [0.717, 1.165) is 34.9 Å². The van der Waals surface area contributed by atoms with E-state index < -0.39 is 0 Å². The van der Waals surface area contributed by atoms with Crippen LogP contribution in [0.5, 0.6) is 5.75 Å². The van der Waals surface area contributed by atoms with E-state index in [1.54, 1.807) is 6.07 Å². The molecule has 2 heteroatoms. The molecule has 0 saturated heterocycles. The van der Waals surface area contributed by atoms with Crippen LogP contribution >= 0.6 is 0 Å². The summed E-state index contributed by atoms with van der Waals surface area (Å²) in [5.41, 5.74) is 5.59. The number of fused-ring (bicyclic) bond motifs is 1. The highest BCUT2D eigenvalue weighted by Gasteiger charge is 2.15. The molecule has 2 N–H and O–H groups in total. The first-order valence-electron chi connectivity index (χ1n) is 8.25. The summed E-state index contributed by atoms with van der Waals surface area (Å²) in [6, 6.07) is 26.3. The van der Waals surface area contributed by atoms with Gasteiger partial charge >= 0.3 is 0 Å². The first-order valence-corrected chi connectivity index (χ1v) is 8.25. The minimum atomic E-state index is 0.322. The van der Waals surface area contributed by atoms with Crippen LogP contribution in [0.3, 0.4) is 0 Å². The van der Waals surface area contributed by atoms with E-state index in [1.165, 1.54) is 11.3 Å². The molecule has 4 aromatic rings. The Morgan fingerprint density at radius 1 is 0.708 bits per heavy atom. The van der Waals surface area contributed by atoms with Gasteiger partial charge in [-0.1, -0.05) is 66.7 Å². The molecule has 0 radical (unpaired) electrons. The molecule has 24 heavy (non-hydrogen) atoms. The predicted octanol–water partition coefficient (Wildman–Crippen LogP) is 5.33. The molecule has 2 nitrogen and oxygen atoms in total. The van der Waals surface area contributed by atoms with Crippen molar-refractivity contribution in [1.82, 2.24) is 4.98 Å². The number of H-pyrrole nitrogens is 1. The number of phenols is 1. The number of aromatic hydroxyl groups is 1. The smallest absolute Gasteiger partial charge is 0.123 e. The van der Waals surface area contributed by atoms with E-state index in [1.807, 2.05) is 36.4 Å². The molecule has 0 saturated carbocycles. The Bertz CT molecular complexity index is 970. The van der Waals surface area contributed by atoms with E-state index >= 15 is 0 Å². The maximum atomic E-state index is 10.3. The van der Waals surface area contributed by atoms with Gasteiger partial charge in [-0.3, -0.25) is 0 Å². The maximum Gasteiger partial charge on any atom is 0.123 e. The zero-order chi connectivity index (χ0) is 16.4. The molecule has 0 spiro atoms. The average molecular weight is 313 g/mol. The zero-order valence-corrected chi connectivity index (χ0v) is 13.4. The normalized spacial score (nSPS) is 11.0. The van der Waals surface area contributed by atoms with Crippen LogP contribution in [0, 0.1) is 0 Å². The molecule has 0 bridgehead atoms. The number of nitrogens with one attached hydrogen (secondary N) is 1. The topological polar surface area (TPSA) is 36.0 Å². The largest absolute Gasteiger partial charge is 0.507 e. The van der Waals surface area contributed by atoms with Gasteiger partial charge in [0.25, 0.3) is 0 Å². The average Bonchev–Trinajstić information content (AvgIpc) is 2.99. The zero-order valence-electron chi connectivity index (χ0n) is 13.4. The van der Waals surface area contributed by atoms with E-state index in [0.29, 0.717) is 5.75 Å². The van der Waals surface area contributed by atoms with Gasteiger partial charge < -0.3 is 10.1 Å². The molecule has 118 valence electrons. The van der Waals surface area contributed by atoms with Crippen molar-refractivity contribution in [3.63, 3.8) is 0 Å². The van der Waals surface area contributed by atoms with Crippen LogP contribution in [0.1, 0.15) is 11.3 Å². The molecule has 1 aromatic heterocycles. The SMILES string of the molecule is Oc1ccccc1-c1c(CCc2ccccc2)[nH]c2ccccc12. The molecule has 0 unspecified atom stereocenters. The number of para-hydroxylation sites is 2. The number of aromatic nitrogens is 1. The third kappa shape index (κ3) is 2.67. The molecule has 0 aliphatic rings. The highest BCUT2D eigenvalue weighted by atomic mass is 16.3. The lowest BCUT2D eigenvalue weighted by atomic mass is 9.98. The number of hydrogen-bond donors (Lipinski definition) is 2. The Morgan fingerprint density at radius 3 is 2.25 bits per heavy atom. The van der Waals surface area contributed by atoms with Crippen LogP contribution in [0.25, 0.3) is 22.0 Å². The Hall–Kier alpha value is -3.00. The van der Waals surface area contributed by atoms with Crippen LogP contribution in [-0.2, 0) is 12.8 Å². The number of hydrogen-bond acceptors (Lipinski definition) is 1. The van der Waals surface area contributed by atoms with Crippen molar-refractivity contribution in [3.8, 4) is 16.9 Å². The standard InChI is InChI=1S/C22H19NO/c24-21-13-7-5-11-18(21)22-17-10-4-6-12-19(17)23-20(22)15-14-16-8-2-1-3-9-16/h1-13,23-24H,14-15H2. The minimum absolute atomic E-state index is 0.322. The molecule has 4 rings (SSSR count). The van der Waals surface area contributed by atoms with E-state index in [-0.39, 0.29) is 0 Å². The quantitative estimate of drug-likeness (QED) is 0.525. The van der Waals surface area contributed by atoms with Crippen LogP contribution in [0.4, 0.5) is 0 Å². The minimum Gasteiger partial charge on any atom is -0.507 e. The maximum absolute atomic E-state index is 10.3. The molecule has 0 aliphatic heterocycles. The summed E-state index contributed by atoms with van der Waals surface area (Å²) in [6.45, 7) is 0. The fourth-order valence-electron chi connectivity index (χ4n) is 3.29. The third-order valence-electron chi connectivity index (χ3n) is 4.46. The van der Waals surface area contributed by atoms with Crippen molar-refractivity contribution >= 4 is 10.9 Å². The Balaban J connectivity index is 1.80. The molecule has 3 aromatic carbocycles. The second-order valence-electron chi connectivity index (χ2n) is 6.03. The Morgan fingerprint density at radius 2 is 1.42 bits per heavy atom. The van der Waals surface area contributed by atoms with Gasteiger partial charge in [-0.2, -0.15) is 0 Å². The highest BCUT2D eigenvalue weighted by molar-refractivity contribution is 5.98. The number of phenolic OH excluding ortho intramolecular Hbond substituents is 1. The van der Waals surface area contributed by atoms with Gasteiger partial charge in [-0.15, -0.1) is 0 Å². The summed E-state index contributed by atoms with van der Waals surface area (Å²) >= 11 is 0. The van der Waals surface area contributed by atoms with E-state index in [2.05, 4.69) is 41.4 Å². The molecule has 0 amide bonds. The van der Waals surface area contributed by atoms with Crippen molar-refractivity contribution in [2.24, 2.45) is 0 Å².